The zero-order valence-electron chi connectivity index (χ0n) is 14.7. The van der Waals surface area contributed by atoms with Crippen molar-refractivity contribution in [1.29, 1.82) is 0 Å². The summed E-state index contributed by atoms with van der Waals surface area (Å²) in [5, 5.41) is 20.9. The molecule has 1 unspecified atom stereocenters. The highest BCUT2D eigenvalue weighted by molar-refractivity contribution is 7.17. The Balaban J connectivity index is 1.74. The molecule has 2 heterocycles. The van der Waals surface area contributed by atoms with Crippen LogP contribution in [0.4, 0.5) is 0 Å². The fraction of sp³-hybridized carbons (Fsp3) is 0.263. The number of carbonyl (C=O) groups excluding carboxylic acids is 1. The molecule has 0 spiro atoms. The van der Waals surface area contributed by atoms with E-state index in [4.69, 9.17) is 5.11 Å². The van der Waals surface area contributed by atoms with Crippen LogP contribution in [0.2, 0.25) is 0 Å². The molecule has 3 aromatic rings. The van der Waals surface area contributed by atoms with Gasteiger partial charge in [-0.1, -0.05) is 30.3 Å². The summed E-state index contributed by atoms with van der Waals surface area (Å²) in [7, 11) is 0. The predicted octanol–water partition coefficient (Wildman–Crippen LogP) is 1.55. The van der Waals surface area contributed by atoms with Crippen molar-refractivity contribution in [1.82, 2.24) is 14.7 Å². The van der Waals surface area contributed by atoms with Crippen LogP contribution in [0.25, 0.3) is 4.96 Å². The summed E-state index contributed by atoms with van der Waals surface area (Å²) >= 11 is 1.33. The molecule has 8 nitrogen and oxygen atoms in total. The maximum Gasteiger partial charge on any atom is 0.322 e. The van der Waals surface area contributed by atoms with Crippen LogP contribution in [-0.4, -0.2) is 38.0 Å². The van der Waals surface area contributed by atoms with Gasteiger partial charge in [-0.15, -0.1) is 11.3 Å². The van der Waals surface area contributed by atoms with Crippen molar-refractivity contribution in [3.05, 3.63) is 62.4 Å². The summed E-state index contributed by atoms with van der Waals surface area (Å²) in [6, 6.07) is 10.2. The number of benzene rings is 1. The molecule has 2 aromatic heterocycles. The van der Waals surface area contributed by atoms with E-state index in [1.54, 1.807) is 0 Å². The van der Waals surface area contributed by atoms with Crippen LogP contribution in [0, 0.1) is 0 Å². The zero-order valence-corrected chi connectivity index (χ0v) is 15.5. The quantitative estimate of drug-likeness (QED) is 0.612. The van der Waals surface area contributed by atoms with Gasteiger partial charge in [0.05, 0.1) is 0 Å². The van der Waals surface area contributed by atoms with Crippen molar-refractivity contribution in [2.24, 2.45) is 0 Å². The third kappa shape index (κ3) is 3.13. The minimum Gasteiger partial charge on any atom is -0.492 e. The van der Waals surface area contributed by atoms with Gasteiger partial charge in [-0.2, -0.15) is 4.98 Å². The molecule has 0 aliphatic heterocycles. The highest BCUT2D eigenvalue weighted by Gasteiger charge is 2.28. The van der Waals surface area contributed by atoms with E-state index >= 15 is 0 Å². The van der Waals surface area contributed by atoms with E-state index in [0.29, 0.717) is 17.3 Å². The fourth-order valence-electron chi connectivity index (χ4n) is 3.59. The summed E-state index contributed by atoms with van der Waals surface area (Å²) in [5.41, 5.74) is 0.824. The van der Waals surface area contributed by atoms with Crippen molar-refractivity contribution in [3.8, 4) is 5.88 Å². The van der Waals surface area contributed by atoms with Crippen LogP contribution in [0.1, 0.15) is 38.8 Å². The molecule has 9 heteroatoms. The number of aromatic hydroxyl groups is 1. The lowest BCUT2D eigenvalue weighted by molar-refractivity contribution is -0.135. The van der Waals surface area contributed by atoms with Gasteiger partial charge in [0.1, 0.15) is 6.54 Å². The smallest absolute Gasteiger partial charge is 0.322 e. The van der Waals surface area contributed by atoms with Gasteiger partial charge in [0.25, 0.3) is 11.5 Å². The van der Waals surface area contributed by atoms with E-state index in [2.05, 4.69) is 22.4 Å². The summed E-state index contributed by atoms with van der Waals surface area (Å²) in [6.45, 7) is -0.652. The van der Waals surface area contributed by atoms with Gasteiger partial charge in [-0.25, -0.2) is 0 Å². The summed E-state index contributed by atoms with van der Waals surface area (Å²) in [4.78, 5) is 41.1. The molecule has 1 aliphatic rings. The Morgan fingerprint density at radius 1 is 1.29 bits per heavy atom. The molecular weight excluding hydrogens is 382 g/mol. The molecule has 3 N–H and O–H groups in total. The number of carbonyl (C=O) groups is 2. The molecule has 0 radical (unpaired) electrons. The van der Waals surface area contributed by atoms with Crippen LogP contribution >= 0.6 is 11.3 Å². The van der Waals surface area contributed by atoms with Crippen LogP contribution in [0.3, 0.4) is 0 Å². The molecule has 0 saturated heterocycles. The first-order chi connectivity index (χ1) is 13.5. The molecule has 1 aromatic carbocycles. The number of hydrogen-bond donors (Lipinski definition) is 3. The first-order valence-corrected chi connectivity index (χ1v) is 9.58. The standard InChI is InChI=1S/C19H17N3O5S/c23-14(24)9-20-16(25)15-17(26)21-19-22(18(15)27)12-7-6-11(8-13(12)28-19)10-4-2-1-3-5-10/h1-5,11,26H,6-9H2,(H,20,25)(H,23,24). The summed E-state index contributed by atoms with van der Waals surface area (Å²) in [6.07, 6.45) is 2.27. The Morgan fingerprint density at radius 3 is 2.75 bits per heavy atom. The fourth-order valence-corrected chi connectivity index (χ4v) is 4.82. The van der Waals surface area contributed by atoms with Crippen molar-refractivity contribution >= 4 is 28.2 Å². The molecule has 144 valence electrons. The molecule has 0 fully saturated rings. The number of aromatic nitrogens is 2. The molecule has 1 atom stereocenters. The van der Waals surface area contributed by atoms with Gasteiger partial charge < -0.3 is 15.5 Å². The maximum absolute atomic E-state index is 12.9. The van der Waals surface area contributed by atoms with E-state index in [9.17, 15) is 19.5 Å². The van der Waals surface area contributed by atoms with Gasteiger partial charge in [0.2, 0.25) is 5.88 Å². The minimum absolute atomic E-state index is 0.330. The van der Waals surface area contributed by atoms with E-state index in [0.717, 1.165) is 23.4 Å². The first kappa shape index (κ1) is 18.2. The Bertz CT molecular complexity index is 1140. The number of rotatable bonds is 4. The van der Waals surface area contributed by atoms with Crippen LogP contribution in [0.5, 0.6) is 5.88 Å². The monoisotopic (exact) mass is 399 g/mol. The molecule has 0 bridgehead atoms. The Morgan fingerprint density at radius 2 is 2.04 bits per heavy atom. The highest BCUT2D eigenvalue weighted by Crippen LogP contribution is 2.36. The topological polar surface area (TPSA) is 121 Å². The second-order valence-corrected chi connectivity index (χ2v) is 7.69. The van der Waals surface area contributed by atoms with Gasteiger partial charge in [0.15, 0.2) is 10.5 Å². The lowest BCUT2D eigenvalue weighted by Gasteiger charge is -2.22. The largest absolute Gasteiger partial charge is 0.492 e. The normalized spacial score (nSPS) is 15.9. The van der Waals surface area contributed by atoms with Gasteiger partial charge in [0, 0.05) is 10.6 Å². The average molecular weight is 399 g/mol. The van der Waals surface area contributed by atoms with Gasteiger partial charge in [-0.3, -0.25) is 18.8 Å². The van der Waals surface area contributed by atoms with E-state index in [1.165, 1.54) is 21.3 Å². The van der Waals surface area contributed by atoms with Crippen LogP contribution in [-0.2, 0) is 17.6 Å². The number of aliphatic carboxylic acids is 1. The number of nitrogens with one attached hydrogen (secondary N) is 1. The number of hydrogen-bond acceptors (Lipinski definition) is 6. The Labute approximate surface area is 163 Å². The summed E-state index contributed by atoms with van der Waals surface area (Å²) in [5.74, 6) is -2.55. The SMILES string of the molecule is O=C(O)CNC(=O)c1c(O)nc2sc3c(n2c1=O)CCC(c1ccccc1)C3. The number of aryl methyl sites for hydroxylation is 1. The molecular formula is C19H17N3O5S. The van der Waals surface area contributed by atoms with E-state index in [1.807, 2.05) is 18.2 Å². The van der Waals surface area contributed by atoms with Gasteiger partial charge >= 0.3 is 5.97 Å². The number of nitrogens with zero attached hydrogens (tertiary/aromatic N) is 2. The Kier molecular flexibility index (Phi) is 4.60. The second-order valence-electron chi connectivity index (χ2n) is 6.63. The molecule has 28 heavy (non-hydrogen) atoms. The number of fused-ring (bicyclic) bond motifs is 3. The number of amides is 1. The van der Waals surface area contributed by atoms with Crippen molar-refractivity contribution in [2.75, 3.05) is 6.54 Å². The molecule has 1 aliphatic carbocycles. The van der Waals surface area contributed by atoms with Crippen LogP contribution in [0.15, 0.2) is 35.1 Å². The lowest BCUT2D eigenvalue weighted by atomic mass is 9.85. The number of carboxylic acid groups (broad SMARTS) is 1. The molecule has 0 saturated carbocycles. The predicted molar refractivity (Wildman–Crippen MR) is 102 cm³/mol. The Hall–Kier alpha value is -3.20. The van der Waals surface area contributed by atoms with E-state index < -0.39 is 35.4 Å². The van der Waals surface area contributed by atoms with Gasteiger partial charge in [-0.05, 0) is 30.7 Å². The van der Waals surface area contributed by atoms with Crippen molar-refractivity contribution < 1.29 is 19.8 Å². The van der Waals surface area contributed by atoms with Crippen molar-refractivity contribution in [2.45, 2.75) is 25.2 Å². The van der Waals surface area contributed by atoms with Crippen LogP contribution < -0.4 is 10.9 Å². The number of thiazole rings is 1. The first-order valence-electron chi connectivity index (χ1n) is 8.77. The number of carboxylic acids is 1. The highest BCUT2D eigenvalue weighted by atomic mass is 32.1. The van der Waals surface area contributed by atoms with Crippen molar-refractivity contribution in [3.63, 3.8) is 0 Å². The van der Waals surface area contributed by atoms with E-state index in [-0.39, 0.29) is 0 Å². The third-order valence-electron chi connectivity index (χ3n) is 4.90. The zero-order chi connectivity index (χ0) is 19.8. The minimum atomic E-state index is -1.25. The summed E-state index contributed by atoms with van der Waals surface area (Å²) < 4.78 is 1.37. The molecule has 1 amide bonds. The molecule has 4 rings (SSSR count). The average Bonchev–Trinajstić information content (AvgIpc) is 3.04. The third-order valence-corrected chi connectivity index (χ3v) is 6.00. The lowest BCUT2D eigenvalue weighted by Crippen LogP contribution is -2.35. The maximum atomic E-state index is 12.9. The second kappa shape index (κ2) is 7.08.